The zero-order chi connectivity index (χ0) is 38.5. The Morgan fingerprint density at radius 2 is 1.06 bits per heavy atom. The van der Waals surface area contributed by atoms with E-state index in [4.69, 9.17) is 24.8 Å². The van der Waals surface area contributed by atoms with Crippen LogP contribution in [0.15, 0.2) is 60.8 Å². The largest absolute Gasteiger partial charge is 0.480 e. The molecule has 0 fully saturated rings. The number of carboxylic acids is 1. The number of aliphatic carboxylic acids is 1. The van der Waals surface area contributed by atoms with Crippen molar-refractivity contribution in [2.75, 3.05) is 19.8 Å². The van der Waals surface area contributed by atoms with E-state index in [-0.39, 0.29) is 19.4 Å². The first-order valence-electron chi connectivity index (χ1n) is 19.3. The molecule has 0 heterocycles. The van der Waals surface area contributed by atoms with Crippen molar-refractivity contribution in [1.29, 1.82) is 0 Å². The Kier molecular flexibility index (Phi) is 33.3. The molecule has 0 saturated heterocycles. The number of phosphoric acid groups is 1. The number of carboxylic acid groups (broad SMARTS) is 1. The van der Waals surface area contributed by atoms with Gasteiger partial charge in [0.2, 0.25) is 0 Å². The van der Waals surface area contributed by atoms with Crippen LogP contribution in [0.25, 0.3) is 0 Å². The third kappa shape index (κ3) is 34.3. The smallest absolute Gasteiger partial charge is 0.472 e. The number of phosphoric ester groups is 1. The number of unbranched alkanes of at least 4 members (excludes halogenated alkanes) is 11. The van der Waals surface area contributed by atoms with E-state index in [0.717, 1.165) is 64.2 Å². The van der Waals surface area contributed by atoms with E-state index >= 15 is 0 Å². The van der Waals surface area contributed by atoms with Crippen molar-refractivity contribution < 1.29 is 47.5 Å². The minimum Gasteiger partial charge on any atom is -0.480 e. The van der Waals surface area contributed by atoms with Crippen LogP contribution in [0.4, 0.5) is 0 Å². The number of carbonyl (C=O) groups is 3. The molecule has 0 spiro atoms. The summed E-state index contributed by atoms with van der Waals surface area (Å²) >= 11 is 0. The van der Waals surface area contributed by atoms with Gasteiger partial charge in [0.25, 0.3) is 0 Å². The molecular formula is C40H68NO10P. The van der Waals surface area contributed by atoms with E-state index in [1.165, 1.54) is 32.1 Å². The molecule has 0 amide bonds. The van der Waals surface area contributed by atoms with Gasteiger partial charge >= 0.3 is 25.7 Å². The Morgan fingerprint density at radius 1 is 0.596 bits per heavy atom. The van der Waals surface area contributed by atoms with Crippen molar-refractivity contribution in [2.45, 2.75) is 154 Å². The Bertz CT molecular complexity index is 1120. The fraction of sp³-hybridized carbons (Fsp3) is 0.675. The highest BCUT2D eigenvalue weighted by Crippen LogP contribution is 2.43. The topological polar surface area (TPSA) is 172 Å². The molecule has 0 rings (SSSR count). The van der Waals surface area contributed by atoms with E-state index in [1.54, 1.807) is 0 Å². The van der Waals surface area contributed by atoms with Crippen LogP contribution >= 0.6 is 7.82 Å². The van der Waals surface area contributed by atoms with Gasteiger partial charge in [-0.1, -0.05) is 120 Å². The lowest BCUT2D eigenvalue weighted by atomic mass is 10.1. The van der Waals surface area contributed by atoms with Gasteiger partial charge in [-0.15, -0.1) is 0 Å². The average Bonchev–Trinajstić information content (AvgIpc) is 3.12. The highest BCUT2D eigenvalue weighted by Gasteiger charge is 2.28. The first-order valence-corrected chi connectivity index (χ1v) is 20.8. The molecule has 52 heavy (non-hydrogen) atoms. The zero-order valence-corrected chi connectivity index (χ0v) is 32.8. The lowest BCUT2D eigenvalue weighted by Gasteiger charge is -2.20. The number of carbonyl (C=O) groups excluding carboxylic acids is 2. The van der Waals surface area contributed by atoms with Crippen LogP contribution in [0, 0.1) is 0 Å². The van der Waals surface area contributed by atoms with Gasteiger partial charge < -0.3 is 25.2 Å². The second kappa shape index (κ2) is 35.2. The van der Waals surface area contributed by atoms with Gasteiger partial charge in [-0.2, -0.15) is 0 Å². The van der Waals surface area contributed by atoms with Crippen molar-refractivity contribution in [3.63, 3.8) is 0 Å². The maximum atomic E-state index is 12.5. The Labute approximate surface area is 313 Å². The molecule has 0 aromatic heterocycles. The van der Waals surface area contributed by atoms with Gasteiger partial charge in [-0.3, -0.25) is 23.4 Å². The summed E-state index contributed by atoms with van der Waals surface area (Å²) in [5.41, 5.74) is 5.31. The van der Waals surface area contributed by atoms with E-state index < -0.39 is 51.1 Å². The maximum Gasteiger partial charge on any atom is 0.472 e. The van der Waals surface area contributed by atoms with Crippen molar-refractivity contribution in [3.05, 3.63) is 60.8 Å². The molecule has 298 valence electrons. The fourth-order valence-corrected chi connectivity index (χ4v) is 5.40. The standard InChI is InChI=1S/C40H68NO10P/c1-3-5-7-9-11-13-15-16-17-18-19-20-22-24-26-28-30-32-39(43)51-36(34-49-52(46,47)50-35-37(41)40(44)45)33-48-38(42)31-29-27-25-23-21-14-12-10-8-6-4-2/h10-13,16-17,19-20,24,26,36-37H,3-9,14-15,18,21-23,25,27-35,41H2,1-2H3,(H,44,45)(H,46,47). The summed E-state index contributed by atoms with van der Waals surface area (Å²) in [6, 6.07) is -1.53. The highest BCUT2D eigenvalue weighted by atomic mass is 31.2. The number of hydrogen-bond acceptors (Lipinski definition) is 9. The van der Waals surface area contributed by atoms with Gasteiger partial charge in [-0.25, -0.2) is 4.57 Å². The minimum atomic E-state index is -4.73. The summed E-state index contributed by atoms with van der Waals surface area (Å²) in [7, 11) is -4.73. The van der Waals surface area contributed by atoms with E-state index in [0.29, 0.717) is 19.3 Å². The van der Waals surface area contributed by atoms with Crippen LogP contribution in [0.3, 0.4) is 0 Å². The molecule has 4 N–H and O–H groups in total. The van der Waals surface area contributed by atoms with E-state index in [2.05, 4.69) is 67.0 Å². The van der Waals surface area contributed by atoms with Crippen LogP contribution in [-0.2, 0) is 37.5 Å². The molecule has 11 nitrogen and oxygen atoms in total. The molecule has 0 saturated carbocycles. The number of allylic oxidation sites excluding steroid dienone is 10. The molecule has 0 radical (unpaired) electrons. The highest BCUT2D eigenvalue weighted by molar-refractivity contribution is 7.47. The first kappa shape index (κ1) is 49.2. The van der Waals surface area contributed by atoms with Crippen LogP contribution in [0.2, 0.25) is 0 Å². The normalized spacial score (nSPS) is 14.5. The van der Waals surface area contributed by atoms with Crippen molar-refractivity contribution >= 4 is 25.7 Å². The number of rotatable bonds is 35. The second-order valence-corrected chi connectivity index (χ2v) is 14.2. The lowest BCUT2D eigenvalue weighted by Crippen LogP contribution is -2.34. The molecular weight excluding hydrogens is 685 g/mol. The molecule has 0 aromatic carbocycles. The third-order valence-corrected chi connectivity index (χ3v) is 8.69. The van der Waals surface area contributed by atoms with E-state index in [1.807, 2.05) is 12.2 Å². The number of nitrogens with two attached hydrogens (primary N) is 1. The van der Waals surface area contributed by atoms with Gasteiger partial charge in [-0.05, 0) is 70.6 Å². The molecule has 0 bridgehead atoms. The summed E-state index contributed by atoms with van der Waals surface area (Å²) in [6.07, 6.45) is 38.7. The molecule has 0 aliphatic carbocycles. The SMILES string of the molecule is CCCCC=CCCCCCCCC(=O)OCC(COP(=O)(O)OCC(N)C(=O)O)OC(=O)CCCC=CCC=CCC=CCC=CCCCCC. The number of ether oxygens (including phenoxy) is 2. The summed E-state index contributed by atoms with van der Waals surface area (Å²) in [5, 5.41) is 8.86. The molecule has 12 heteroatoms. The van der Waals surface area contributed by atoms with E-state index in [9.17, 15) is 23.8 Å². The third-order valence-electron chi connectivity index (χ3n) is 7.74. The van der Waals surface area contributed by atoms with Crippen LogP contribution in [0.5, 0.6) is 0 Å². The summed E-state index contributed by atoms with van der Waals surface area (Å²) < 4.78 is 32.5. The summed E-state index contributed by atoms with van der Waals surface area (Å²) in [5.74, 6) is -2.47. The Balaban J connectivity index is 4.56. The van der Waals surface area contributed by atoms with Crippen LogP contribution in [0.1, 0.15) is 142 Å². The van der Waals surface area contributed by atoms with Crippen LogP contribution < -0.4 is 5.73 Å². The molecule has 0 aliphatic heterocycles. The Hall–Kier alpha value is -2.82. The molecule has 3 atom stereocenters. The minimum absolute atomic E-state index is 0.0811. The first-order chi connectivity index (χ1) is 25.1. The van der Waals surface area contributed by atoms with Crippen molar-refractivity contribution in [3.8, 4) is 0 Å². The zero-order valence-electron chi connectivity index (χ0n) is 31.9. The number of hydrogen-bond donors (Lipinski definition) is 3. The predicted octanol–water partition coefficient (Wildman–Crippen LogP) is 9.61. The Morgan fingerprint density at radius 3 is 1.65 bits per heavy atom. The fourth-order valence-electron chi connectivity index (χ4n) is 4.62. The second-order valence-electron chi connectivity index (χ2n) is 12.7. The average molecular weight is 754 g/mol. The van der Waals surface area contributed by atoms with Crippen LogP contribution in [-0.4, -0.2) is 59.9 Å². The monoisotopic (exact) mass is 753 g/mol. The summed E-state index contributed by atoms with van der Waals surface area (Å²) in [6.45, 7) is 2.64. The van der Waals surface area contributed by atoms with Crippen molar-refractivity contribution in [2.24, 2.45) is 5.73 Å². The van der Waals surface area contributed by atoms with Gasteiger partial charge in [0.15, 0.2) is 6.10 Å². The van der Waals surface area contributed by atoms with Gasteiger partial charge in [0, 0.05) is 12.8 Å². The summed E-state index contributed by atoms with van der Waals surface area (Å²) in [4.78, 5) is 45.7. The van der Waals surface area contributed by atoms with Gasteiger partial charge in [0.05, 0.1) is 13.2 Å². The predicted molar refractivity (Wildman–Crippen MR) is 208 cm³/mol. The molecule has 0 aliphatic rings. The van der Waals surface area contributed by atoms with Gasteiger partial charge in [0.1, 0.15) is 12.6 Å². The number of esters is 2. The lowest BCUT2D eigenvalue weighted by molar-refractivity contribution is -0.161. The molecule has 3 unspecified atom stereocenters. The quantitative estimate of drug-likeness (QED) is 0.0244. The molecule has 0 aromatic rings. The maximum absolute atomic E-state index is 12.5. The van der Waals surface area contributed by atoms with Crippen molar-refractivity contribution in [1.82, 2.24) is 0 Å².